The molecule has 1 aromatic carbocycles. The van der Waals surface area contributed by atoms with Crippen LogP contribution in [0.3, 0.4) is 0 Å². The molecule has 1 heterocycles. The highest BCUT2D eigenvalue weighted by Crippen LogP contribution is 2.26. The molecule has 1 aromatic rings. The van der Waals surface area contributed by atoms with Crippen LogP contribution in [0, 0.1) is 0 Å². The third kappa shape index (κ3) is 2.98. The summed E-state index contributed by atoms with van der Waals surface area (Å²) >= 11 is 0. The Labute approximate surface area is 113 Å². The molecule has 19 heavy (non-hydrogen) atoms. The number of carbonyl (C=O) groups is 1. The first-order chi connectivity index (χ1) is 9.15. The molecule has 1 fully saturated rings. The van der Waals surface area contributed by atoms with Gasteiger partial charge in [-0.15, -0.1) is 0 Å². The smallest absolute Gasteiger partial charge is 0.257 e. The maximum atomic E-state index is 12.5. The van der Waals surface area contributed by atoms with Crippen LogP contribution in [0.5, 0.6) is 11.5 Å². The van der Waals surface area contributed by atoms with E-state index in [1.807, 2.05) is 0 Å². The van der Waals surface area contributed by atoms with Gasteiger partial charge in [0.05, 0.1) is 19.8 Å². The van der Waals surface area contributed by atoms with Gasteiger partial charge in [-0.3, -0.25) is 4.79 Å². The number of nitrogens with two attached hydrogens (primary N) is 1. The van der Waals surface area contributed by atoms with Crippen molar-refractivity contribution >= 4 is 5.91 Å². The molecule has 2 N–H and O–H groups in total. The van der Waals surface area contributed by atoms with Crippen molar-refractivity contribution in [2.45, 2.75) is 18.9 Å². The molecule has 0 bridgehead atoms. The first-order valence-corrected chi connectivity index (χ1v) is 6.42. The average molecular weight is 264 g/mol. The summed E-state index contributed by atoms with van der Waals surface area (Å²) in [5.41, 5.74) is 6.44. The summed E-state index contributed by atoms with van der Waals surface area (Å²) in [7, 11) is 3.13. The van der Waals surface area contributed by atoms with Crippen molar-refractivity contribution in [1.82, 2.24) is 4.90 Å². The minimum absolute atomic E-state index is 0.0501. The second-order valence-corrected chi connectivity index (χ2v) is 4.72. The number of rotatable bonds is 3. The molecule has 1 amide bonds. The number of hydrogen-bond donors (Lipinski definition) is 1. The van der Waals surface area contributed by atoms with Crippen LogP contribution >= 0.6 is 0 Å². The van der Waals surface area contributed by atoms with Crippen LogP contribution in [0.25, 0.3) is 0 Å². The van der Waals surface area contributed by atoms with Crippen LogP contribution < -0.4 is 15.2 Å². The molecule has 0 saturated carbocycles. The fourth-order valence-corrected chi connectivity index (χ4v) is 2.35. The van der Waals surface area contributed by atoms with Crippen LogP contribution in [0.2, 0.25) is 0 Å². The maximum Gasteiger partial charge on any atom is 0.257 e. The summed E-state index contributed by atoms with van der Waals surface area (Å²) in [5, 5.41) is 0. The van der Waals surface area contributed by atoms with E-state index in [1.54, 1.807) is 37.3 Å². The fraction of sp³-hybridized carbons (Fsp3) is 0.500. The lowest BCUT2D eigenvalue weighted by atomic mass is 10.0. The molecule has 5 nitrogen and oxygen atoms in total. The zero-order valence-electron chi connectivity index (χ0n) is 11.4. The van der Waals surface area contributed by atoms with Gasteiger partial charge in [0.15, 0.2) is 0 Å². The van der Waals surface area contributed by atoms with E-state index in [0.29, 0.717) is 23.6 Å². The van der Waals surface area contributed by atoms with E-state index in [1.165, 1.54) is 0 Å². The number of ether oxygens (including phenoxy) is 2. The van der Waals surface area contributed by atoms with E-state index in [-0.39, 0.29) is 11.9 Å². The molecule has 1 aliphatic rings. The van der Waals surface area contributed by atoms with Gasteiger partial charge in [-0.25, -0.2) is 0 Å². The van der Waals surface area contributed by atoms with E-state index in [4.69, 9.17) is 15.2 Å². The monoisotopic (exact) mass is 264 g/mol. The van der Waals surface area contributed by atoms with Gasteiger partial charge < -0.3 is 20.1 Å². The Kier molecular flexibility index (Phi) is 4.27. The van der Waals surface area contributed by atoms with Crippen molar-refractivity contribution in [1.29, 1.82) is 0 Å². The number of benzene rings is 1. The standard InChI is InChI=1S/C14H20N2O3/c1-18-11-5-6-13(19-2)12(8-11)14(17)16-7-3-4-10(15)9-16/h5-6,8,10H,3-4,7,9,15H2,1-2H3/t10-/m1/s1. The third-order valence-corrected chi connectivity index (χ3v) is 3.38. The Balaban J connectivity index is 2.26. The zero-order chi connectivity index (χ0) is 13.8. The predicted molar refractivity (Wildman–Crippen MR) is 72.7 cm³/mol. The highest BCUT2D eigenvalue weighted by atomic mass is 16.5. The summed E-state index contributed by atoms with van der Waals surface area (Å²) in [6, 6.07) is 5.30. The van der Waals surface area contributed by atoms with Crippen LogP contribution in [-0.4, -0.2) is 44.2 Å². The van der Waals surface area contributed by atoms with Gasteiger partial charge in [-0.2, -0.15) is 0 Å². The lowest BCUT2D eigenvalue weighted by molar-refractivity contribution is 0.0705. The number of nitrogens with zero attached hydrogens (tertiary/aromatic N) is 1. The van der Waals surface area contributed by atoms with Crippen molar-refractivity contribution in [3.05, 3.63) is 23.8 Å². The summed E-state index contributed by atoms with van der Waals surface area (Å²) in [6.45, 7) is 1.34. The van der Waals surface area contributed by atoms with Crippen molar-refractivity contribution in [3.63, 3.8) is 0 Å². The number of hydrogen-bond acceptors (Lipinski definition) is 4. The molecule has 2 rings (SSSR count). The van der Waals surface area contributed by atoms with Crippen molar-refractivity contribution in [2.24, 2.45) is 5.73 Å². The van der Waals surface area contributed by atoms with Gasteiger partial charge in [0.1, 0.15) is 11.5 Å². The van der Waals surface area contributed by atoms with Crippen LogP contribution in [0.1, 0.15) is 23.2 Å². The van der Waals surface area contributed by atoms with E-state index >= 15 is 0 Å². The molecular formula is C14H20N2O3. The van der Waals surface area contributed by atoms with Gasteiger partial charge >= 0.3 is 0 Å². The van der Waals surface area contributed by atoms with Gasteiger partial charge in [-0.05, 0) is 31.0 Å². The van der Waals surface area contributed by atoms with Gasteiger partial charge in [-0.1, -0.05) is 0 Å². The second-order valence-electron chi connectivity index (χ2n) is 4.72. The lowest BCUT2D eigenvalue weighted by Crippen LogP contribution is -2.45. The van der Waals surface area contributed by atoms with E-state index < -0.39 is 0 Å². The first kappa shape index (κ1) is 13.7. The summed E-state index contributed by atoms with van der Waals surface area (Å²) in [6.07, 6.45) is 1.91. The lowest BCUT2D eigenvalue weighted by Gasteiger charge is -2.31. The van der Waals surface area contributed by atoms with Crippen molar-refractivity contribution in [3.8, 4) is 11.5 Å². The van der Waals surface area contributed by atoms with E-state index in [0.717, 1.165) is 19.4 Å². The number of likely N-dealkylation sites (tertiary alicyclic amines) is 1. The van der Waals surface area contributed by atoms with E-state index in [9.17, 15) is 4.79 Å². The summed E-state index contributed by atoms with van der Waals surface area (Å²) < 4.78 is 10.4. The molecule has 0 unspecified atom stereocenters. The van der Waals surface area contributed by atoms with E-state index in [2.05, 4.69) is 0 Å². The van der Waals surface area contributed by atoms with Crippen molar-refractivity contribution in [2.75, 3.05) is 27.3 Å². The summed E-state index contributed by atoms with van der Waals surface area (Å²) in [5.74, 6) is 1.15. The normalized spacial score (nSPS) is 19.1. The van der Waals surface area contributed by atoms with Gasteiger partial charge in [0, 0.05) is 19.1 Å². The third-order valence-electron chi connectivity index (χ3n) is 3.38. The van der Waals surface area contributed by atoms with Crippen LogP contribution in [0.15, 0.2) is 18.2 Å². The molecule has 1 atom stereocenters. The van der Waals surface area contributed by atoms with Crippen molar-refractivity contribution < 1.29 is 14.3 Å². The van der Waals surface area contributed by atoms with Gasteiger partial charge in [0.25, 0.3) is 5.91 Å². The minimum Gasteiger partial charge on any atom is -0.497 e. The Morgan fingerprint density at radius 3 is 2.79 bits per heavy atom. The average Bonchev–Trinajstić information content (AvgIpc) is 2.45. The fourth-order valence-electron chi connectivity index (χ4n) is 2.35. The zero-order valence-corrected chi connectivity index (χ0v) is 11.4. The first-order valence-electron chi connectivity index (χ1n) is 6.42. The molecule has 0 spiro atoms. The molecule has 0 radical (unpaired) electrons. The molecule has 5 heteroatoms. The number of carbonyl (C=O) groups excluding carboxylic acids is 1. The molecule has 1 aliphatic heterocycles. The maximum absolute atomic E-state index is 12.5. The largest absolute Gasteiger partial charge is 0.497 e. The summed E-state index contributed by atoms with van der Waals surface area (Å²) in [4.78, 5) is 14.3. The number of piperidine rings is 1. The molecular weight excluding hydrogens is 244 g/mol. The Bertz CT molecular complexity index is 462. The Morgan fingerprint density at radius 1 is 1.37 bits per heavy atom. The molecule has 1 saturated heterocycles. The van der Waals surface area contributed by atoms with Gasteiger partial charge in [0.2, 0.25) is 0 Å². The molecule has 0 aromatic heterocycles. The quantitative estimate of drug-likeness (QED) is 0.893. The van der Waals surface area contributed by atoms with Crippen LogP contribution in [-0.2, 0) is 0 Å². The Hall–Kier alpha value is -1.75. The number of methoxy groups -OCH3 is 2. The van der Waals surface area contributed by atoms with Crippen LogP contribution in [0.4, 0.5) is 0 Å². The SMILES string of the molecule is COc1ccc(OC)c(C(=O)N2CCC[C@@H](N)C2)c1. The topological polar surface area (TPSA) is 64.8 Å². The Morgan fingerprint density at radius 2 is 2.16 bits per heavy atom. The molecule has 104 valence electrons. The predicted octanol–water partition coefficient (Wildman–Crippen LogP) is 1.27. The highest BCUT2D eigenvalue weighted by Gasteiger charge is 2.24. The second kappa shape index (κ2) is 5.93. The molecule has 0 aliphatic carbocycles. The number of amides is 1. The minimum atomic E-state index is -0.0501. The highest BCUT2D eigenvalue weighted by molar-refractivity contribution is 5.97.